The molecular weight excluding hydrogens is 372 g/mol. The first-order valence-corrected chi connectivity index (χ1v) is 10.0. The lowest BCUT2D eigenvalue weighted by molar-refractivity contribution is -0.143. The van der Waals surface area contributed by atoms with Crippen molar-refractivity contribution in [1.29, 1.82) is 0 Å². The molecule has 0 spiro atoms. The van der Waals surface area contributed by atoms with Crippen LogP contribution in [0.1, 0.15) is 35.4 Å². The maximum absolute atomic E-state index is 12.6. The van der Waals surface area contributed by atoms with E-state index in [0.29, 0.717) is 18.7 Å². The maximum atomic E-state index is 12.6. The van der Waals surface area contributed by atoms with Crippen molar-refractivity contribution in [3.8, 4) is 0 Å². The van der Waals surface area contributed by atoms with Crippen LogP contribution in [-0.4, -0.2) is 42.9 Å². The molecule has 1 aliphatic heterocycles. The number of piperidine rings is 1. The zero-order valence-corrected chi connectivity index (χ0v) is 15.3. The molecule has 1 aromatic heterocycles. The minimum Gasteiger partial charge on any atom is -0.480 e. The number of hydrogen-bond acceptors (Lipinski definition) is 5. The third-order valence-electron chi connectivity index (χ3n) is 4.48. The van der Waals surface area contributed by atoms with Crippen LogP contribution in [0.4, 0.5) is 0 Å². The average Bonchev–Trinajstić information content (AvgIpc) is 3.20. The quantitative estimate of drug-likeness (QED) is 0.775. The fourth-order valence-electron chi connectivity index (χ4n) is 3.04. The molecule has 1 atom stereocenters. The number of rotatable bonds is 6. The normalized spacial score (nSPS) is 17.6. The number of carboxylic acid groups (broad SMARTS) is 1. The predicted octanol–water partition coefficient (Wildman–Crippen LogP) is 1.84. The maximum Gasteiger partial charge on any atom is 0.326 e. The Bertz CT molecular complexity index is 906. The van der Waals surface area contributed by atoms with E-state index in [0.717, 1.165) is 12.8 Å². The summed E-state index contributed by atoms with van der Waals surface area (Å²) in [5.74, 6) is -0.950. The van der Waals surface area contributed by atoms with Gasteiger partial charge in [-0.3, -0.25) is 4.79 Å². The van der Waals surface area contributed by atoms with Crippen LogP contribution in [0.25, 0.3) is 0 Å². The third-order valence-corrected chi connectivity index (χ3v) is 5.89. The Kier molecular flexibility index (Phi) is 5.62. The van der Waals surface area contributed by atoms with Gasteiger partial charge in [0.05, 0.1) is 17.7 Å². The molecule has 8 nitrogen and oxygen atoms in total. The number of benzene rings is 1. The molecule has 2 N–H and O–H groups in total. The Morgan fingerprint density at radius 2 is 1.93 bits per heavy atom. The minimum atomic E-state index is -3.76. The van der Waals surface area contributed by atoms with Gasteiger partial charge in [0.25, 0.3) is 5.91 Å². The number of carbonyl (C=O) groups is 2. The molecule has 1 amide bonds. The van der Waals surface area contributed by atoms with E-state index in [-0.39, 0.29) is 17.0 Å². The average molecular weight is 392 g/mol. The zero-order valence-electron chi connectivity index (χ0n) is 14.5. The van der Waals surface area contributed by atoms with E-state index in [1.807, 2.05) is 0 Å². The molecule has 1 aliphatic rings. The molecule has 2 heterocycles. The number of sulfonamides is 1. The smallest absolute Gasteiger partial charge is 0.326 e. The molecule has 9 heteroatoms. The van der Waals surface area contributed by atoms with Crippen molar-refractivity contribution in [2.45, 2.75) is 36.7 Å². The molecule has 0 radical (unpaired) electrons. The molecule has 0 bridgehead atoms. The highest BCUT2D eigenvalue weighted by atomic mass is 32.2. The van der Waals surface area contributed by atoms with Crippen LogP contribution in [0.3, 0.4) is 0 Å². The number of nitrogens with zero attached hydrogens (tertiary/aromatic N) is 1. The molecule has 1 saturated heterocycles. The fraction of sp³-hybridized carbons (Fsp3) is 0.333. The van der Waals surface area contributed by atoms with Gasteiger partial charge >= 0.3 is 5.97 Å². The van der Waals surface area contributed by atoms with Gasteiger partial charge in [-0.2, -0.15) is 0 Å². The lowest BCUT2D eigenvalue weighted by atomic mass is 10.0. The minimum absolute atomic E-state index is 0.0130. The van der Waals surface area contributed by atoms with Crippen LogP contribution in [0.15, 0.2) is 52.0 Å². The van der Waals surface area contributed by atoms with E-state index in [1.165, 1.54) is 35.4 Å². The second kappa shape index (κ2) is 7.93. The first kappa shape index (κ1) is 19.1. The van der Waals surface area contributed by atoms with Crippen molar-refractivity contribution in [3.05, 3.63) is 54.0 Å². The van der Waals surface area contributed by atoms with E-state index in [9.17, 15) is 23.1 Å². The van der Waals surface area contributed by atoms with Gasteiger partial charge in [-0.25, -0.2) is 17.9 Å². The van der Waals surface area contributed by atoms with Gasteiger partial charge in [0.1, 0.15) is 11.8 Å². The molecule has 1 fully saturated rings. The number of likely N-dealkylation sites (tertiary alicyclic amines) is 1. The van der Waals surface area contributed by atoms with Crippen molar-refractivity contribution in [3.63, 3.8) is 0 Å². The summed E-state index contributed by atoms with van der Waals surface area (Å²) in [6, 6.07) is 7.94. The Morgan fingerprint density at radius 3 is 2.56 bits per heavy atom. The molecule has 2 aromatic rings. The molecule has 0 aliphatic carbocycles. The first-order valence-electron chi connectivity index (χ1n) is 8.54. The highest BCUT2D eigenvalue weighted by Crippen LogP contribution is 2.21. The van der Waals surface area contributed by atoms with Gasteiger partial charge in [-0.15, -0.1) is 0 Å². The summed E-state index contributed by atoms with van der Waals surface area (Å²) in [6.07, 6.45) is 3.39. The van der Waals surface area contributed by atoms with E-state index < -0.39 is 27.9 Å². The number of hydrogen-bond donors (Lipinski definition) is 2. The summed E-state index contributed by atoms with van der Waals surface area (Å²) in [4.78, 5) is 25.4. The van der Waals surface area contributed by atoms with Crippen LogP contribution in [0, 0.1) is 0 Å². The molecule has 1 unspecified atom stereocenters. The summed E-state index contributed by atoms with van der Waals surface area (Å²) < 4.78 is 32.2. The Labute approximate surface area is 156 Å². The Morgan fingerprint density at radius 1 is 1.19 bits per heavy atom. The largest absolute Gasteiger partial charge is 0.480 e. The van der Waals surface area contributed by atoms with Crippen LogP contribution in [0.5, 0.6) is 0 Å². The topological polar surface area (TPSA) is 117 Å². The monoisotopic (exact) mass is 392 g/mol. The summed E-state index contributed by atoms with van der Waals surface area (Å²) in [6.45, 7) is 0.393. The van der Waals surface area contributed by atoms with E-state index in [4.69, 9.17) is 4.42 Å². The van der Waals surface area contributed by atoms with Gasteiger partial charge in [0, 0.05) is 12.1 Å². The van der Waals surface area contributed by atoms with Gasteiger partial charge in [0.2, 0.25) is 10.0 Å². The first-order chi connectivity index (χ1) is 12.9. The molecule has 0 saturated carbocycles. The lowest BCUT2D eigenvalue weighted by Gasteiger charge is -2.33. The third kappa shape index (κ3) is 4.37. The zero-order chi connectivity index (χ0) is 19.4. The highest BCUT2D eigenvalue weighted by molar-refractivity contribution is 7.89. The van der Waals surface area contributed by atoms with Crippen LogP contribution < -0.4 is 4.72 Å². The van der Waals surface area contributed by atoms with E-state index >= 15 is 0 Å². The number of aliphatic carboxylic acids is 1. The van der Waals surface area contributed by atoms with Gasteiger partial charge < -0.3 is 14.4 Å². The van der Waals surface area contributed by atoms with Gasteiger partial charge in [0.15, 0.2) is 0 Å². The SMILES string of the molecule is O=C(O)C1CCCCN1C(=O)c1ccc(S(=O)(=O)NCc2ccco2)cc1. The van der Waals surface area contributed by atoms with E-state index in [2.05, 4.69) is 4.72 Å². The second-order valence-electron chi connectivity index (χ2n) is 6.28. The summed E-state index contributed by atoms with van der Waals surface area (Å²) >= 11 is 0. The fourth-order valence-corrected chi connectivity index (χ4v) is 4.03. The number of carbonyl (C=O) groups excluding carboxylic acids is 1. The van der Waals surface area contributed by atoms with Crippen LogP contribution in [0.2, 0.25) is 0 Å². The molecule has 27 heavy (non-hydrogen) atoms. The molecular formula is C18H20N2O6S. The van der Waals surface area contributed by atoms with Crippen molar-refractivity contribution < 1.29 is 27.5 Å². The molecule has 1 aromatic carbocycles. The number of amides is 1. The van der Waals surface area contributed by atoms with Crippen molar-refractivity contribution in [2.24, 2.45) is 0 Å². The lowest BCUT2D eigenvalue weighted by Crippen LogP contribution is -2.47. The van der Waals surface area contributed by atoms with Gasteiger partial charge in [-0.1, -0.05) is 0 Å². The summed E-state index contributed by atoms with van der Waals surface area (Å²) in [5, 5.41) is 9.30. The summed E-state index contributed by atoms with van der Waals surface area (Å²) in [7, 11) is -3.76. The van der Waals surface area contributed by atoms with Gasteiger partial charge in [-0.05, 0) is 55.7 Å². The van der Waals surface area contributed by atoms with Crippen molar-refractivity contribution >= 4 is 21.9 Å². The van der Waals surface area contributed by atoms with Crippen LogP contribution >= 0.6 is 0 Å². The predicted molar refractivity (Wildman–Crippen MR) is 95.5 cm³/mol. The number of carboxylic acids is 1. The standard InChI is InChI=1S/C18H20N2O6S/c21-17(20-10-2-1-5-16(20)18(22)23)13-6-8-15(9-7-13)27(24,25)19-12-14-4-3-11-26-14/h3-4,6-9,11,16,19H,1-2,5,10,12H2,(H,22,23). The molecule has 144 valence electrons. The van der Waals surface area contributed by atoms with Crippen molar-refractivity contribution in [2.75, 3.05) is 6.54 Å². The number of nitrogens with one attached hydrogen (secondary N) is 1. The number of furan rings is 1. The summed E-state index contributed by atoms with van der Waals surface area (Å²) in [5.41, 5.74) is 0.258. The second-order valence-corrected chi connectivity index (χ2v) is 8.04. The Hall–Kier alpha value is -2.65. The van der Waals surface area contributed by atoms with E-state index in [1.54, 1.807) is 12.1 Å². The molecule has 3 rings (SSSR count). The Balaban J connectivity index is 1.72. The highest BCUT2D eigenvalue weighted by Gasteiger charge is 2.32. The van der Waals surface area contributed by atoms with Crippen molar-refractivity contribution in [1.82, 2.24) is 9.62 Å². The van der Waals surface area contributed by atoms with Crippen LogP contribution in [-0.2, 0) is 21.4 Å².